The summed E-state index contributed by atoms with van der Waals surface area (Å²) in [4.78, 5) is 13.7. The highest BCUT2D eigenvalue weighted by Crippen LogP contribution is 2.34. The third kappa shape index (κ3) is 4.07. The SMILES string of the molecule is CC(C)CC(c1ccccc1)N1CCC(C(=O)O)CC1C. The van der Waals surface area contributed by atoms with Crippen molar-refractivity contribution in [2.45, 2.75) is 52.1 Å². The van der Waals surface area contributed by atoms with Crippen molar-refractivity contribution < 1.29 is 9.90 Å². The van der Waals surface area contributed by atoms with Gasteiger partial charge >= 0.3 is 5.97 Å². The standard InChI is InChI=1S/C18H27NO2/c1-13(2)11-17(15-7-5-4-6-8-15)19-10-9-16(18(20)21)12-14(19)3/h4-8,13-14,16-17H,9-12H2,1-3H3,(H,20,21). The maximum atomic E-state index is 11.2. The fourth-order valence-electron chi connectivity index (χ4n) is 3.46. The van der Waals surface area contributed by atoms with E-state index in [0.29, 0.717) is 18.0 Å². The minimum absolute atomic E-state index is 0.174. The number of aliphatic carboxylic acids is 1. The number of nitrogens with zero attached hydrogens (tertiary/aromatic N) is 1. The zero-order valence-electron chi connectivity index (χ0n) is 13.3. The Labute approximate surface area is 128 Å². The van der Waals surface area contributed by atoms with E-state index in [2.05, 4.69) is 56.0 Å². The number of rotatable bonds is 5. The highest BCUT2D eigenvalue weighted by molar-refractivity contribution is 5.70. The minimum atomic E-state index is -0.637. The lowest BCUT2D eigenvalue weighted by molar-refractivity contribution is -0.144. The van der Waals surface area contributed by atoms with Crippen LogP contribution in [0.2, 0.25) is 0 Å². The third-order valence-corrected chi connectivity index (χ3v) is 4.56. The van der Waals surface area contributed by atoms with Gasteiger partial charge < -0.3 is 5.11 Å². The van der Waals surface area contributed by atoms with E-state index in [-0.39, 0.29) is 5.92 Å². The van der Waals surface area contributed by atoms with Gasteiger partial charge in [-0.3, -0.25) is 9.69 Å². The molecule has 0 aromatic heterocycles. The molecule has 1 saturated heterocycles. The molecule has 0 radical (unpaired) electrons. The number of likely N-dealkylation sites (tertiary alicyclic amines) is 1. The van der Waals surface area contributed by atoms with Gasteiger partial charge in [-0.05, 0) is 44.2 Å². The number of piperidine rings is 1. The number of carboxylic acids is 1. The first-order valence-corrected chi connectivity index (χ1v) is 8.02. The van der Waals surface area contributed by atoms with Gasteiger partial charge in [-0.25, -0.2) is 0 Å². The zero-order chi connectivity index (χ0) is 15.4. The van der Waals surface area contributed by atoms with E-state index in [1.165, 1.54) is 5.56 Å². The molecule has 1 aliphatic heterocycles. The Balaban J connectivity index is 2.16. The van der Waals surface area contributed by atoms with E-state index < -0.39 is 5.97 Å². The summed E-state index contributed by atoms with van der Waals surface area (Å²) in [5, 5.41) is 9.22. The lowest BCUT2D eigenvalue weighted by atomic mass is 9.87. The van der Waals surface area contributed by atoms with Crippen molar-refractivity contribution in [1.82, 2.24) is 4.90 Å². The lowest BCUT2D eigenvalue weighted by Gasteiger charge is -2.42. The van der Waals surface area contributed by atoms with E-state index in [4.69, 9.17) is 0 Å². The van der Waals surface area contributed by atoms with Gasteiger partial charge in [0.1, 0.15) is 0 Å². The number of carbonyl (C=O) groups is 1. The molecular weight excluding hydrogens is 262 g/mol. The predicted octanol–water partition coefficient (Wildman–Crippen LogP) is 3.96. The molecule has 0 bridgehead atoms. The highest BCUT2D eigenvalue weighted by atomic mass is 16.4. The van der Waals surface area contributed by atoms with Crippen LogP contribution in [0.25, 0.3) is 0 Å². The van der Waals surface area contributed by atoms with Gasteiger partial charge in [0, 0.05) is 12.1 Å². The molecule has 1 aliphatic rings. The number of hydrogen-bond acceptors (Lipinski definition) is 2. The van der Waals surface area contributed by atoms with Crippen molar-refractivity contribution in [1.29, 1.82) is 0 Å². The Hall–Kier alpha value is -1.35. The second-order valence-electron chi connectivity index (χ2n) is 6.70. The molecule has 1 aromatic rings. The summed E-state index contributed by atoms with van der Waals surface area (Å²) in [6.45, 7) is 7.56. The van der Waals surface area contributed by atoms with Crippen molar-refractivity contribution in [3.8, 4) is 0 Å². The summed E-state index contributed by atoms with van der Waals surface area (Å²) in [5.41, 5.74) is 1.35. The molecule has 0 saturated carbocycles. The van der Waals surface area contributed by atoms with Crippen LogP contribution in [0.1, 0.15) is 51.6 Å². The summed E-state index contributed by atoms with van der Waals surface area (Å²) < 4.78 is 0. The predicted molar refractivity (Wildman–Crippen MR) is 85.2 cm³/mol. The van der Waals surface area contributed by atoms with E-state index >= 15 is 0 Å². The average molecular weight is 289 g/mol. The van der Waals surface area contributed by atoms with Crippen LogP contribution in [0.15, 0.2) is 30.3 Å². The normalized spacial score (nSPS) is 25.0. The first-order valence-electron chi connectivity index (χ1n) is 8.02. The van der Waals surface area contributed by atoms with Crippen molar-refractivity contribution in [2.24, 2.45) is 11.8 Å². The van der Waals surface area contributed by atoms with Crippen LogP contribution in [0.3, 0.4) is 0 Å². The number of benzene rings is 1. The van der Waals surface area contributed by atoms with E-state index in [0.717, 1.165) is 25.8 Å². The van der Waals surface area contributed by atoms with E-state index in [1.54, 1.807) is 0 Å². The largest absolute Gasteiger partial charge is 0.481 e. The first kappa shape index (κ1) is 16.0. The second-order valence-corrected chi connectivity index (χ2v) is 6.70. The van der Waals surface area contributed by atoms with Gasteiger partial charge in [-0.1, -0.05) is 44.2 Å². The summed E-state index contributed by atoms with van der Waals surface area (Å²) in [6, 6.07) is 11.4. The van der Waals surface area contributed by atoms with Gasteiger partial charge in [0.2, 0.25) is 0 Å². The Kier molecular flexibility index (Phi) is 5.40. The Bertz CT molecular complexity index is 458. The molecule has 21 heavy (non-hydrogen) atoms. The molecule has 3 nitrogen and oxygen atoms in total. The molecule has 1 fully saturated rings. The third-order valence-electron chi connectivity index (χ3n) is 4.56. The van der Waals surface area contributed by atoms with Crippen LogP contribution in [-0.2, 0) is 4.79 Å². The molecule has 1 aromatic carbocycles. The molecule has 2 rings (SSSR count). The Morgan fingerprint density at radius 1 is 1.33 bits per heavy atom. The van der Waals surface area contributed by atoms with Crippen molar-refractivity contribution in [2.75, 3.05) is 6.54 Å². The van der Waals surface area contributed by atoms with Gasteiger partial charge in [0.05, 0.1) is 5.92 Å². The van der Waals surface area contributed by atoms with E-state index in [1.807, 2.05) is 0 Å². The van der Waals surface area contributed by atoms with Crippen LogP contribution < -0.4 is 0 Å². The summed E-state index contributed by atoms with van der Waals surface area (Å²) >= 11 is 0. The minimum Gasteiger partial charge on any atom is -0.481 e. The monoisotopic (exact) mass is 289 g/mol. The van der Waals surface area contributed by atoms with E-state index in [9.17, 15) is 9.90 Å². The molecular formula is C18H27NO2. The van der Waals surface area contributed by atoms with Crippen molar-refractivity contribution in [3.63, 3.8) is 0 Å². The van der Waals surface area contributed by atoms with Gasteiger partial charge in [0.15, 0.2) is 0 Å². The lowest BCUT2D eigenvalue weighted by Crippen LogP contribution is -2.45. The average Bonchev–Trinajstić information content (AvgIpc) is 2.45. The molecule has 3 unspecified atom stereocenters. The van der Waals surface area contributed by atoms with Crippen LogP contribution >= 0.6 is 0 Å². The van der Waals surface area contributed by atoms with Crippen LogP contribution in [0, 0.1) is 11.8 Å². The molecule has 1 heterocycles. The van der Waals surface area contributed by atoms with Gasteiger partial charge in [0.25, 0.3) is 0 Å². The second kappa shape index (κ2) is 7.08. The topological polar surface area (TPSA) is 40.5 Å². The van der Waals surface area contributed by atoms with Gasteiger partial charge in [-0.15, -0.1) is 0 Å². The molecule has 0 aliphatic carbocycles. The summed E-state index contributed by atoms with van der Waals surface area (Å²) in [6.07, 6.45) is 2.64. The smallest absolute Gasteiger partial charge is 0.306 e. The Morgan fingerprint density at radius 2 is 2.00 bits per heavy atom. The molecule has 0 spiro atoms. The molecule has 116 valence electrons. The Morgan fingerprint density at radius 3 is 2.52 bits per heavy atom. The van der Waals surface area contributed by atoms with Crippen LogP contribution in [0.4, 0.5) is 0 Å². The first-order chi connectivity index (χ1) is 9.99. The zero-order valence-corrected chi connectivity index (χ0v) is 13.3. The van der Waals surface area contributed by atoms with Crippen molar-refractivity contribution in [3.05, 3.63) is 35.9 Å². The highest BCUT2D eigenvalue weighted by Gasteiger charge is 2.34. The summed E-state index contributed by atoms with van der Waals surface area (Å²) in [7, 11) is 0. The van der Waals surface area contributed by atoms with Crippen LogP contribution in [0.5, 0.6) is 0 Å². The fourth-order valence-corrected chi connectivity index (χ4v) is 3.46. The van der Waals surface area contributed by atoms with Gasteiger partial charge in [-0.2, -0.15) is 0 Å². The quantitative estimate of drug-likeness (QED) is 0.892. The molecule has 1 N–H and O–H groups in total. The summed E-state index contributed by atoms with van der Waals surface area (Å²) in [5.74, 6) is -0.187. The van der Waals surface area contributed by atoms with Crippen LogP contribution in [-0.4, -0.2) is 28.6 Å². The van der Waals surface area contributed by atoms with Crippen molar-refractivity contribution >= 4 is 5.97 Å². The number of carboxylic acid groups (broad SMARTS) is 1. The fraction of sp³-hybridized carbons (Fsp3) is 0.611. The maximum absolute atomic E-state index is 11.2. The molecule has 0 amide bonds. The molecule has 3 atom stereocenters. The molecule has 3 heteroatoms. The number of hydrogen-bond donors (Lipinski definition) is 1. The maximum Gasteiger partial charge on any atom is 0.306 e.